The number of amides is 1. The molecule has 2 aromatic heterocycles. The number of fused-ring (bicyclic) bond motifs is 1. The number of carbonyl (C=O) groups excluding carboxylic acids is 1. The first-order valence-electron chi connectivity index (χ1n) is 10.3. The van der Waals surface area contributed by atoms with E-state index in [-0.39, 0.29) is 28.9 Å². The molecule has 1 unspecified atom stereocenters. The van der Waals surface area contributed by atoms with Crippen molar-refractivity contribution >= 4 is 28.8 Å². The average Bonchev–Trinajstić information content (AvgIpc) is 3.02. The van der Waals surface area contributed by atoms with E-state index < -0.39 is 23.9 Å². The number of benzene rings is 1. The average molecular weight is 464 g/mol. The zero-order valence-corrected chi connectivity index (χ0v) is 19.4. The van der Waals surface area contributed by atoms with Gasteiger partial charge in [-0.3, -0.25) is 9.20 Å². The maximum Gasteiger partial charge on any atom is 0.258 e. The molecule has 2 heterocycles. The predicted octanol–water partition coefficient (Wildman–Crippen LogP) is 3.29. The molecular formula is C22H27ClFN5O3. The summed E-state index contributed by atoms with van der Waals surface area (Å²) < 4.78 is 22.8. The predicted molar refractivity (Wildman–Crippen MR) is 121 cm³/mol. The van der Waals surface area contributed by atoms with Crippen LogP contribution in [0.25, 0.3) is 5.52 Å². The van der Waals surface area contributed by atoms with Crippen LogP contribution in [0.3, 0.4) is 0 Å². The molecule has 0 saturated carbocycles. The highest BCUT2D eigenvalue weighted by molar-refractivity contribution is 6.31. The fourth-order valence-electron chi connectivity index (χ4n) is 3.38. The first-order chi connectivity index (χ1) is 15.0. The van der Waals surface area contributed by atoms with Crippen molar-refractivity contribution < 1.29 is 19.0 Å². The van der Waals surface area contributed by atoms with Gasteiger partial charge in [-0.25, -0.2) is 14.4 Å². The number of nitrogens with one attached hydrogen (secondary N) is 1. The van der Waals surface area contributed by atoms with Gasteiger partial charge in [0, 0.05) is 24.4 Å². The number of nitrogens with two attached hydrogens (primary N) is 1. The SMILES string of the molecule is Cc1nc(Cc2cc(Cl)c(F)c(C(=O)NC(C)[C@@H](C)O)c2OC(C)C)n2ccnc(N)c12. The number of anilines is 1. The Hall–Kier alpha value is -2.91. The van der Waals surface area contributed by atoms with E-state index in [9.17, 15) is 9.90 Å². The van der Waals surface area contributed by atoms with Crippen LogP contribution < -0.4 is 15.8 Å². The second kappa shape index (κ2) is 9.30. The van der Waals surface area contributed by atoms with Crippen molar-refractivity contribution in [2.45, 2.75) is 59.3 Å². The fraction of sp³-hybridized carbons (Fsp3) is 0.409. The van der Waals surface area contributed by atoms with Gasteiger partial charge >= 0.3 is 0 Å². The van der Waals surface area contributed by atoms with Crippen LogP contribution in [0.2, 0.25) is 5.02 Å². The van der Waals surface area contributed by atoms with E-state index in [4.69, 9.17) is 22.1 Å². The molecule has 8 nitrogen and oxygen atoms in total. The standard InChI is InChI=1S/C22H27ClFN5O3/c1-10(2)32-20-14(9-16-27-12(4)19-21(25)26-6-7-29(16)19)8-15(23)18(24)17(20)22(31)28-11(3)13(5)30/h6-8,10-11,13,30H,9H2,1-5H3,(H2,25,26)(H,28,31)/t11?,13-/m1/s1. The van der Waals surface area contributed by atoms with Crippen molar-refractivity contribution in [1.29, 1.82) is 0 Å². The Morgan fingerprint density at radius 2 is 2.06 bits per heavy atom. The third-order valence-corrected chi connectivity index (χ3v) is 5.37. The molecule has 2 atom stereocenters. The number of nitrogens with zero attached hydrogens (tertiary/aromatic N) is 3. The summed E-state index contributed by atoms with van der Waals surface area (Å²) in [4.78, 5) is 21.6. The van der Waals surface area contributed by atoms with E-state index in [0.29, 0.717) is 28.4 Å². The number of halogens is 2. The van der Waals surface area contributed by atoms with Crippen LogP contribution in [0.15, 0.2) is 18.5 Å². The number of ether oxygens (including phenoxy) is 1. The lowest BCUT2D eigenvalue weighted by Gasteiger charge is -2.22. The minimum atomic E-state index is -0.890. The molecule has 3 aromatic rings. The van der Waals surface area contributed by atoms with Crippen LogP contribution in [0.5, 0.6) is 5.75 Å². The normalized spacial score (nSPS) is 13.4. The number of carbonyl (C=O) groups is 1. The van der Waals surface area contributed by atoms with Gasteiger partial charge in [0.15, 0.2) is 5.82 Å². The monoisotopic (exact) mass is 463 g/mol. The minimum absolute atomic E-state index is 0.0774. The smallest absolute Gasteiger partial charge is 0.258 e. The molecule has 0 saturated heterocycles. The molecular weight excluding hydrogens is 437 g/mol. The number of aromatic nitrogens is 3. The van der Waals surface area contributed by atoms with Crippen LogP contribution in [-0.2, 0) is 6.42 Å². The number of imidazole rings is 1. The van der Waals surface area contributed by atoms with Gasteiger partial charge in [-0.2, -0.15) is 0 Å². The fourth-order valence-corrected chi connectivity index (χ4v) is 3.60. The molecule has 1 amide bonds. The van der Waals surface area contributed by atoms with Crippen LogP contribution >= 0.6 is 11.6 Å². The molecule has 4 N–H and O–H groups in total. The molecule has 172 valence electrons. The molecule has 1 aromatic carbocycles. The first-order valence-corrected chi connectivity index (χ1v) is 10.6. The van der Waals surface area contributed by atoms with Crippen molar-refractivity contribution in [1.82, 2.24) is 19.7 Å². The minimum Gasteiger partial charge on any atom is -0.490 e. The van der Waals surface area contributed by atoms with Crippen molar-refractivity contribution in [3.63, 3.8) is 0 Å². The van der Waals surface area contributed by atoms with Gasteiger partial charge in [0.25, 0.3) is 5.91 Å². The van der Waals surface area contributed by atoms with E-state index in [2.05, 4.69) is 15.3 Å². The molecule has 0 spiro atoms. The van der Waals surface area contributed by atoms with Gasteiger partial charge in [0.1, 0.15) is 28.5 Å². The zero-order chi connectivity index (χ0) is 23.7. The van der Waals surface area contributed by atoms with Gasteiger partial charge in [0.05, 0.1) is 29.0 Å². The van der Waals surface area contributed by atoms with Crippen LogP contribution in [0.1, 0.15) is 55.1 Å². The Balaban J connectivity index is 2.15. The molecule has 0 aliphatic rings. The third-order valence-electron chi connectivity index (χ3n) is 5.09. The number of aryl methyl sites for hydroxylation is 1. The molecule has 0 radical (unpaired) electrons. The second-order valence-corrected chi connectivity index (χ2v) is 8.43. The lowest BCUT2D eigenvalue weighted by molar-refractivity contribution is 0.0863. The number of hydrogen-bond acceptors (Lipinski definition) is 6. The summed E-state index contributed by atoms with van der Waals surface area (Å²) in [5, 5.41) is 12.1. The Morgan fingerprint density at radius 1 is 1.38 bits per heavy atom. The number of nitrogen functional groups attached to an aromatic ring is 1. The van der Waals surface area contributed by atoms with E-state index >= 15 is 4.39 Å². The highest BCUT2D eigenvalue weighted by Gasteiger charge is 2.28. The van der Waals surface area contributed by atoms with Gasteiger partial charge in [-0.1, -0.05) is 11.6 Å². The maximum absolute atomic E-state index is 15.1. The van der Waals surface area contributed by atoms with E-state index in [1.807, 2.05) is 6.92 Å². The van der Waals surface area contributed by atoms with E-state index in [1.165, 1.54) is 13.0 Å². The summed E-state index contributed by atoms with van der Waals surface area (Å²) in [5.74, 6) is -0.598. The number of aliphatic hydroxyl groups is 1. The third kappa shape index (κ3) is 4.63. The van der Waals surface area contributed by atoms with Gasteiger partial charge in [-0.05, 0) is 40.7 Å². The van der Waals surface area contributed by atoms with Crippen molar-refractivity contribution in [3.8, 4) is 5.75 Å². The summed E-state index contributed by atoms with van der Waals surface area (Å²) in [6.07, 6.45) is 2.33. The molecule has 0 bridgehead atoms. The Labute approximate surface area is 190 Å². The quantitative estimate of drug-likeness (QED) is 0.495. The van der Waals surface area contributed by atoms with Gasteiger partial charge < -0.3 is 20.9 Å². The van der Waals surface area contributed by atoms with Crippen LogP contribution in [-0.4, -0.2) is 43.6 Å². The van der Waals surface area contributed by atoms with Crippen LogP contribution in [0.4, 0.5) is 10.2 Å². The summed E-state index contributed by atoms with van der Waals surface area (Å²) in [5.41, 5.74) is 7.53. The Bertz CT molecular complexity index is 1160. The van der Waals surface area contributed by atoms with Crippen molar-refractivity contribution in [2.75, 3.05) is 5.73 Å². The highest BCUT2D eigenvalue weighted by atomic mass is 35.5. The van der Waals surface area contributed by atoms with E-state index in [1.54, 1.807) is 37.6 Å². The first kappa shape index (κ1) is 23.7. The zero-order valence-electron chi connectivity index (χ0n) is 18.6. The van der Waals surface area contributed by atoms with Gasteiger partial charge in [0.2, 0.25) is 0 Å². The summed E-state index contributed by atoms with van der Waals surface area (Å²) in [6, 6.07) is 0.829. The summed E-state index contributed by atoms with van der Waals surface area (Å²) in [7, 11) is 0. The molecule has 0 aliphatic carbocycles. The summed E-state index contributed by atoms with van der Waals surface area (Å²) in [6.45, 7) is 8.52. The lowest BCUT2D eigenvalue weighted by atomic mass is 10.0. The summed E-state index contributed by atoms with van der Waals surface area (Å²) >= 11 is 6.17. The molecule has 0 aliphatic heterocycles. The molecule has 0 fully saturated rings. The molecule has 32 heavy (non-hydrogen) atoms. The molecule has 10 heteroatoms. The second-order valence-electron chi connectivity index (χ2n) is 8.03. The van der Waals surface area contributed by atoms with Crippen molar-refractivity contribution in [2.24, 2.45) is 0 Å². The topological polar surface area (TPSA) is 115 Å². The lowest BCUT2D eigenvalue weighted by Crippen LogP contribution is -2.40. The maximum atomic E-state index is 15.1. The number of rotatable bonds is 7. The van der Waals surface area contributed by atoms with Gasteiger partial charge in [-0.15, -0.1) is 0 Å². The molecule has 3 rings (SSSR count). The largest absolute Gasteiger partial charge is 0.490 e. The Kier molecular flexibility index (Phi) is 6.90. The van der Waals surface area contributed by atoms with Crippen molar-refractivity contribution in [3.05, 3.63) is 51.9 Å². The Morgan fingerprint density at radius 3 is 2.69 bits per heavy atom. The number of hydrogen-bond donors (Lipinski definition) is 3. The number of aliphatic hydroxyl groups excluding tert-OH is 1. The van der Waals surface area contributed by atoms with Crippen LogP contribution in [0, 0.1) is 12.7 Å². The highest BCUT2D eigenvalue weighted by Crippen LogP contribution is 2.35. The van der Waals surface area contributed by atoms with E-state index in [0.717, 1.165) is 0 Å².